The first-order chi connectivity index (χ1) is 12.6. The average Bonchev–Trinajstić information content (AvgIpc) is 2.69. The zero-order valence-corrected chi connectivity index (χ0v) is 14.8. The molecule has 0 fully saturated rings. The molecule has 26 heavy (non-hydrogen) atoms. The molecule has 0 atom stereocenters. The van der Waals surface area contributed by atoms with E-state index in [0.29, 0.717) is 10.7 Å². The van der Waals surface area contributed by atoms with Crippen molar-refractivity contribution in [1.82, 2.24) is 9.97 Å². The maximum atomic E-state index is 12.4. The molecule has 2 aromatic carbocycles. The molecule has 4 aromatic rings. The first kappa shape index (κ1) is 16.5. The van der Waals surface area contributed by atoms with Gasteiger partial charge in [0.05, 0.1) is 21.7 Å². The summed E-state index contributed by atoms with van der Waals surface area (Å²) in [5, 5.41) is 2.48. The van der Waals surface area contributed by atoms with Crippen LogP contribution in [-0.2, 0) is 11.3 Å². The number of pyridine rings is 2. The molecule has 0 aliphatic carbocycles. The number of aromatic nitrogens is 2. The average molecular weight is 363 g/mol. The van der Waals surface area contributed by atoms with Crippen molar-refractivity contribution < 1.29 is 9.53 Å². The fourth-order valence-corrected chi connectivity index (χ4v) is 3.10. The van der Waals surface area contributed by atoms with Crippen LogP contribution < -0.4 is 0 Å². The largest absolute Gasteiger partial charge is 0.454 e. The number of hydrogen-bond donors (Lipinski definition) is 0. The highest BCUT2D eigenvalue weighted by Crippen LogP contribution is 2.27. The number of hydrogen-bond acceptors (Lipinski definition) is 4. The third-order valence-corrected chi connectivity index (χ3v) is 4.80. The molecule has 4 nitrogen and oxygen atoms in total. The first-order valence-corrected chi connectivity index (χ1v) is 8.58. The maximum absolute atomic E-state index is 12.4. The molecule has 4 rings (SSSR count). The van der Waals surface area contributed by atoms with Gasteiger partial charge in [-0.3, -0.25) is 0 Å². The minimum absolute atomic E-state index is 0.00214. The van der Waals surface area contributed by atoms with Crippen molar-refractivity contribution in [3.8, 4) is 0 Å². The van der Waals surface area contributed by atoms with E-state index in [2.05, 4.69) is 9.97 Å². The molecular weight excluding hydrogens is 348 g/mol. The molecule has 0 saturated heterocycles. The Morgan fingerprint density at radius 1 is 0.962 bits per heavy atom. The lowest BCUT2D eigenvalue weighted by atomic mass is 10.1. The summed E-state index contributed by atoms with van der Waals surface area (Å²) in [7, 11) is 0. The molecule has 0 N–H and O–H groups in total. The quantitative estimate of drug-likeness (QED) is 0.476. The van der Waals surface area contributed by atoms with Gasteiger partial charge in [0.1, 0.15) is 12.3 Å². The van der Waals surface area contributed by atoms with Crippen LogP contribution >= 0.6 is 11.6 Å². The predicted molar refractivity (Wildman–Crippen MR) is 102 cm³/mol. The summed E-state index contributed by atoms with van der Waals surface area (Å²) >= 11 is 6.41. The number of para-hydroxylation sites is 2. The smallest absolute Gasteiger partial charge is 0.357 e. The fourth-order valence-electron chi connectivity index (χ4n) is 2.90. The molecule has 2 aromatic heterocycles. The molecule has 2 heterocycles. The van der Waals surface area contributed by atoms with Gasteiger partial charge in [0.15, 0.2) is 0 Å². The number of esters is 1. The van der Waals surface area contributed by atoms with Crippen LogP contribution in [-0.4, -0.2) is 15.9 Å². The van der Waals surface area contributed by atoms with E-state index in [1.807, 2.05) is 61.5 Å². The maximum Gasteiger partial charge on any atom is 0.357 e. The van der Waals surface area contributed by atoms with Gasteiger partial charge in [0.2, 0.25) is 0 Å². The number of carbonyl (C=O) groups excluding carboxylic acids is 1. The molecule has 0 saturated carbocycles. The second kappa shape index (κ2) is 6.73. The van der Waals surface area contributed by atoms with Crippen molar-refractivity contribution in [1.29, 1.82) is 0 Å². The number of carbonyl (C=O) groups is 1. The first-order valence-electron chi connectivity index (χ1n) is 8.20. The summed E-state index contributed by atoms with van der Waals surface area (Å²) in [5.74, 6) is -0.501. The Morgan fingerprint density at radius 2 is 1.69 bits per heavy atom. The summed E-state index contributed by atoms with van der Waals surface area (Å²) in [6, 6.07) is 18.9. The van der Waals surface area contributed by atoms with Crippen LogP contribution in [0, 0.1) is 6.92 Å². The van der Waals surface area contributed by atoms with Crippen LogP contribution in [0.1, 0.15) is 21.7 Å². The zero-order valence-electron chi connectivity index (χ0n) is 14.1. The molecule has 128 valence electrons. The van der Waals surface area contributed by atoms with E-state index in [4.69, 9.17) is 16.3 Å². The van der Waals surface area contributed by atoms with E-state index in [1.54, 1.807) is 6.07 Å². The highest BCUT2D eigenvalue weighted by Gasteiger charge is 2.14. The summed E-state index contributed by atoms with van der Waals surface area (Å²) in [4.78, 5) is 21.2. The zero-order chi connectivity index (χ0) is 18.1. The lowest BCUT2D eigenvalue weighted by Gasteiger charge is -2.10. The molecule has 0 radical (unpaired) electrons. The number of nitrogens with zero attached hydrogens (tertiary/aromatic N) is 2. The van der Waals surface area contributed by atoms with Crippen LogP contribution in [0.2, 0.25) is 5.02 Å². The Hall–Kier alpha value is -2.98. The summed E-state index contributed by atoms with van der Waals surface area (Å²) in [6.45, 7) is 1.93. The highest BCUT2D eigenvalue weighted by atomic mass is 35.5. The second-order valence-corrected chi connectivity index (χ2v) is 6.36. The van der Waals surface area contributed by atoms with Gasteiger partial charge in [-0.15, -0.1) is 0 Å². The minimum Gasteiger partial charge on any atom is -0.454 e. The number of halogens is 1. The van der Waals surface area contributed by atoms with Crippen LogP contribution in [0.4, 0.5) is 0 Å². The van der Waals surface area contributed by atoms with E-state index in [-0.39, 0.29) is 12.3 Å². The van der Waals surface area contributed by atoms with E-state index >= 15 is 0 Å². The Labute approximate surface area is 155 Å². The predicted octanol–water partition coefficient (Wildman–Crippen LogP) is 5.10. The Morgan fingerprint density at radius 3 is 2.54 bits per heavy atom. The Bertz CT molecular complexity index is 1140. The number of benzene rings is 2. The van der Waals surface area contributed by atoms with Crippen LogP contribution in [0.3, 0.4) is 0 Å². The number of rotatable bonds is 3. The van der Waals surface area contributed by atoms with E-state index in [1.165, 1.54) is 0 Å². The third-order valence-electron chi connectivity index (χ3n) is 4.29. The van der Waals surface area contributed by atoms with Gasteiger partial charge in [-0.2, -0.15) is 0 Å². The standard InChI is InChI=1S/C21H15ClN2O2/c1-13-15-7-3-5-9-17(15)24-19(20(13)22)12-26-21(25)18-11-10-14-6-2-4-8-16(14)23-18/h2-11H,12H2,1H3. The number of aryl methyl sites for hydroxylation is 1. The molecule has 5 heteroatoms. The Kier molecular flexibility index (Phi) is 4.27. The summed E-state index contributed by atoms with van der Waals surface area (Å²) in [5.41, 5.74) is 3.30. The highest BCUT2D eigenvalue weighted by molar-refractivity contribution is 6.32. The monoisotopic (exact) mass is 362 g/mol. The van der Waals surface area contributed by atoms with Crippen molar-refractivity contribution in [2.24, 2.45) is 0 Å². The number of fused-ring (bicyclic) bond motifs is 2. The fraction of sp³-hybridized carbons (Fsp3) is 0.0952. The molecule has 0 bridgehead atoms. The van der Waals surface area contributed by atoms with E-state index < -0.39 is 5.97 Å². The van der Waals surface area contributed by atoms with Crippen molar-refractivity contribution in [2.75, 3.05) is 0 Å². The van der Waals surface area contributed by atoms with Crippen molar-refractivity contribution in [2.45, 2.75) is 13.5 Å². The van der Waals surface area contributed by atoms with Gasteiger partial charge in [-0.1, -0.05) is 54.1 Å². The topological polar surface area (TPSA) is 52.1 Å². The van der Waals surface area contributed by atoms with Crippen molar-refractivity contribution >= 4 is 39.4 Å². The lowest BCUT2D eigenvalue weighted by Crippen LogP contribution is -2.09. The molecule has 0 aliphatic heterocycles. The van der Waals surface area contributed by atoms with Gasteiger partial charge < -0.3 is 4.74 Å². The minimum atomic E-state index is -0.501. The Balaban J connectivity index is 1.59. The molecular formula is C21H15ClN2O2. The van der Waals surface area contributed by atoms with Crippen molar-refractivity contribution in [3.05, 3.63) is 82.6 Å². The van der Waals surface area contributed by atoms with Crippen LogP contribution in [0.25, 0.3) is 21.8 Å². The molecule has 0 unspecified atom stereocenters. The van der Waals surface area contributed by atoms with Gasteiger partial charge in [0, 0.05) is 10.8 Å². The van der Waals surface area contributed by atoms with Crippen LogP contribution in [0.5, 0.6) is 0 Å². The third kappa shape index (κ3) is 3.00. The SMILES string of the molecule is Cc1c(Cl)c(COC(=O)c2ccc3ccccc3n2)nc2ccccc12. The van der Waals surface area contributed by atoms with Gasteiger partial charge in [-0.05, 0) is 30.7 Å². The van der Waals surface area contributed by atoms with E-state index in [0.717, 1.165) is 27.4 Å². The van der Waals surface area contributed by atoms with E-state index in [9.17, 15) is 4.79 Å². The van der Waals surface area contributed by atoms with Gasteiger partial charge in [0.25, 0.3) is 0 Å². The second-order valence-electron chi connectivity index (χ2n) is 5.98. The molecule has 0 spiro atoms. The van der Waals surface area contributed by atoms with Gasteiger partial charge in [-0.25, -0.2) is 14.8 Å². The molecule has 0 amide bonds. The molecule has 0 aliphatic rings. The summed E-state index contributed by atoms with van der Waals surface area (Å²) in [6.07, 6.45) is 0. The normalized spacial score (nSPS) is 11.0. The van der Waals surface area contributed by atoms with Crippen molar-refractivity contribution in [3.63, 3.8) is 0 Å². The summed E-state index contributed by atoms with van der Waals surface area (Å²) < 4.78 is 5.40. The lowest BCUT2D eigenvalue weighted by molar-refractivity contribution is 0.0461. The van der Waals surface area contributed by atoms with Crippen LogP contribution in [0.15, 0.2) is 60.7 Å². The number of ether oxygens (including phenoxy) is 1. The van der Waals surface area contributed by atoms with Gasteiger partial charge >= 0.3 is 5.97 Å².